The summed E-state index contributed by atoms with van der Waals surface area (Å²) in [5.41, 5.74) is 1.82. The van der Waals surface area contributed by atoms with Crippen molar-refractivity contribution in [1.29, 1.82) is 0 Å². The molecule has 2 aromatic heterocycles. The van der Waals surface area contributed by atoms with Gasteiger partial charge in [-0.3, -0.25) is 4.79 Å². The topological polar surface area (TPSA) is 68.5 Å². The molecule has 33 heavy (non-hydrogen) atoms. The molecule has 0 spiro atoms. The molecule has 0 saturated heterocycles. The minimum atomic E-state index is -0.357. The van der Waals surface area contributed by atoms with E-state index in [0.29, 0.717) is 40.6 Å². The Bertz CT molecular complexity index is 1400. The lowest BCUT2D eigenvalue weighted by Crippen LogP contribution is -2.25. The highest BCUT2D eigenvalue weighted by Gasteiger charge is 2.14. The van der Waals surface area contributed by atoms with Crippen molar-refractivity contribution < 1.29 is 13.9 Å². The van der Waals surface area contributed by atoms with Crippen LogP contribution in [0.4, 0.5) is 4.39 Å². The van der Waals surface area contributed by atoms with Gasteiger partial charge in [0.1, 0.15) is 17.3 Å². The van der Waals surface area contributed by atoms with Crippen LogP contribution in [0.3, 0.4) is 0 Å². The molecule has 0 aliphatic rings. The molecule has 0 atom stereocenters. The fourth-order valence-corrected chi connectivity index (χ4v) is 4.21. The molecule has 6 nitrogen and oxygen atoms in total. The number of halogens is 1. The van der Waals surface area contributed by atoms with Crippen LogP contribution in [0.1, 0.15) is 16.1 Å². The molecule has 164 valence electrons. The van der Waals surface area contributed by atoms with E-state index in [4.69, 9.17) is 4.74 Å². The number of hydrogen-bond acceptors (Lipinski definition) is 5. The predicted molar refractivity (Wildman–Crippen MR) is 125 cm³/mol. The minimum absolute atomic E-state index is 0.168. The van der Waals surface area contributed by atoms with Gasteiger partial charge in [0.05, 0.1) is 11.3 Å². The number of fused-ring (bicyclic) bond motifs is 1. The minimum Gasteiger partial charge on any atom is -0.457 e. The summed E-state index contributed by atoms with van der Waals surface area (Å²) in [5.74, 6) is 1.23. The highest BCUT2D eigenvalue weighted by atomic mass is 32.1. The second-order valence-corrected chi connectivity index (χ2v) is 8.12. The second-order valence-electron chi connectivity index (χ2n) is 7.28. The van der Waals surface area contributed by atoms with E-state index >= 15 is 0 Å². The van der Waals surface area contributed by atoms with Crippen molar-refractivity contribution in [2.75, 3.05) is 6.54 Å². The summed E-state index contributed by atoms with van der Waals surface area (Å²) in [6, 6.07) is 22.9. The van der Waals surface area contributed by atoms with Gasteiger partial charge >= 0.3 is 0 Å². The smallest absolute Gasteiger partial charge is 0.251 e. The van der Waals surface area contributed by atoms with E-state index in [0.717, 1.165) is 11.4 Å². The summed E-state index contributed by atoms with van der Waals surface area (Å²) in [6.07, 6.45) is 0.570. The fourth-order valence-electron chi connectivity index (χ4n) is 3.36. The van der Waals surface area contributed by atoms with Gasteiger partial charge in [0.2, 0.25) is 4.96 Å². The number of thiazole rings is 1. The van der Waals surface area contributed by atoms with Gasteiger partial charge < -0.3 is 10.1 Å². The van der Waals surface area contributed by atoms with Gasteiger partial charge in [0, 0.05) is 23.9 Å². The molecule has 0 aliphatic heterocycles. The molecule has 1 amide bonds. The highest BCUT2D eigenvalue weighted by molar-refractivity contribution is 7.15. The summed E-state index contributed by atoms with van der Waals surface area (Å²) < 4.78 is 21.5. The van der Waals surface area contributed by atoms with E-state index in [1.54, 1.807) is 47.0 Å². The lowest BCUT2D eigenvalue weighted by molar-refractivity contribution is 0.0954. The van der Waals surface area contributed by atoms with E-state index in [2.05, 4.69) is 15.4 Å². The number of benzene rings is 3. The summed E-state index contributed by atoms with van der Waals surface area (Å²) in [6.45, 7) is 0.432. The Morgan fingerprint density at radius 1 is 0.970 bits per heavy atom. The van der Waals surface area contributed by atoms with Gasteiger partial charge in [-0.1, -0.05) is 30.3 Å². The molecule has 0 bridgehead atoms. The van der Waals surface area contributed by atoms with Gasteiger partial charge in [0.25, 0.3) is 5.91 Å². The van der Waals surface area contributed by atoms with Crippen molar-refractivity contribution in [2.24, 2.45) is 0 Å². The second kappa shape index (κ2) is 9.22. The first kappa shape index (κ1) is 20.8. The van der Waals surface area contributed by atoms with Crippen LogP contribution in [-0.4, -0.2) is 27.0 Å². The van der Waals surface area contributed by atoms with Crippen molar-refractivity contribution in [3.8, 4) is 22.9 Å². The number of carbonyl (C=O) groups is 1. The van der Waals surface area contributed by atoms with Crippen LogP contribution in [0.5, 0.6) is 11.5 Å². The molecular weight excluding hydrogens is 439 g/mol. The summed E-state index contributed by atoms with van der Waals surface area (Å²) >= 11 is 1.43. The average molecular weight is 459 g/mol. The average Bonchev–Trinajstić information content (AvgIpc) is 3.42. The van der Waals surface area contributed by atoms with Crippen LogP contribution in [0.2, 0.25) is 0 Å². The Balaban J connectivity index is 1.20. The Morgan fingerprint density at radius 3 is 2.48 bits per heavy atom. The number of ether oxygens (including phenoxy) is 1. The number of nitrogens with zero attached hydrogens (tertiary/aromatic N) is 3. The Labute approximate surface area is 193 Å². The Hall–Kier alpha value is -4.04. The molecule has 5 rings (SSSR count). The third-order valence-electron chi connectivity index (χ3n) is 5.03. The Kier molecular flexibility index (Phi) is 5.82. The maximum absolute atomic E-state index is 14.1. The van der Waals surface area contributed by atoms with Crippen molar-refractivity contribution in [2.45, 2.75) is 6.42 Å². The van der Waals surface area contributed by atoms with Gasteiger partial charge in [-0.15, -0.1) is 16.4 Å². The van der Waals surface area contributed by atoms with Gasteiger partial charge in [-0.05, 0) is 48.5 Å². The van der Waals surface area contributed by atoms with Crippen molar-refractivity contribution >= 4 is 22.2 Å². The molecule has 2 heterocycles. The van der Waals surface area contributed by atoms with Crippen molar-refractivity contribution in [3.05, 3.63) is 101 Å². The molecular formula is C25H19FN4O2S. The van der Waals surface area contributed by atoms with Crippen LogP contribution in [0.15, 0.2) is 84.2 Å². The summed E-state index contributed by atoms with van der Waals surface area (Å²) in [4.78, 5) is 17.6. The zero-order valence-electron chi connectivity index (χ0n) is 17.4. The molecule has 0 saturated carbocycles. The monoisotopic (exact) mass is 458 g/mol. The summed E-state index contributed by atoms with van der Waals surface area (Å²) in [7, 11) is 0. The number of carbonyl (C=O) groups excluding carboxylic acids is 1. The molecule has 0 unspecified atom stereocenters. The molecule has 1 N–H and O–H groups in total. The molecule has 0 radical (unpaired) electrons. The maximum Gasteiger partial charge on any atom is 0.251 e. The zero-order valence-corrected chi connectivity index (χ0v) is 18.3. The number of para-hydroxylation sites is 1. The van der Waals surface area contributed by atoms with Crippen LogP contribution < -0.4 is 10.1 Å². The molecule has 8 heteroatoms. The van der Waals surface area contributed by atoms with E-state index in [9.17, 15) is 9.18 Å². The quantitative estimate of drug-likeness (QED) is 0.356. The molecule has 5 aromatic rings. The summed E-state index contributed by atoms with van der Waals surface area (Å²) in [5, 5.41) is 9.32. The SMILES string of the molecule is O=C(NCCc1csc2nc(-c3ccccc3F)nn12)c1ccc(Oc2ccccc2)cc1. The number of rotatable bonds is 7. The highest BCUT2D eigenvalue weighted by Crippen LogP contribution is 2.23. The molecule has 0 aliphatic carbocycles. The third-order valence-corrected chi connectivity index (χ3v) is 5.89. The first-order valence-electron chi connectivity index (χ1n) is 10.4. The van der Waals surface area contributed by atoms with Gasteiger partial charge in [0.15, 0.2) is 5.82 Å². The fraction of sp³-hybridized carbons (Fsp3) is 0.0800. The largest absolute Gasteiger partial charge is 0.457 e. The van der Waals surface area contributed by atoms with E-state index < -0.39 is 0 Å². The number of aromatic nitrogens is 3. The van der Waals surface area contributed by atoms with Gasteiger partial charge in [-0.25, -0.2) is 8.91 Å². The van der Waals surface area contributed by atoms with Crippen LogP contribution in [0.25, 0.3) is 16.3 Å². The Morgan fingerprint density at radius 2 is 1.70 bits per heavy atom. The first-order valence-corrected chi connectivity index (χ1v) is 11.2. The first-order chi connectivity index (χ1) is 16.2. The van der Waals surface area contributed by atoms with Gasteiger partial charge in [-0.2, -0.15) is 4.98 Å². The zero-order chi connectivity index (χ0) is 22.6. The standard InChI is InChI=1S/C25H19FN4O2S/c26-22-9-5-4-8-21(22)23-28-25-30(29-23)18(16-33-25)14-15-27-24(31)17-10-12-20(13-11-17)32-19-6-2-1-3-7-19/h1-13,16H,14-15H2,(H,27,31). The van der Waals surface area contributed by atoms with E-state index in [-0.39, 0.29) is 11.7 Å². The van der Waals surface area contributed by atoms with E-state index in [1.807, 2.05) is 35.7 Å². The molecule has 3 aromatic carbocycles. The third kappa shape index (κ3) is 4.61. The van der Waals surface area contributed by atoms with Crippen molar-refractivity contribution in [1.82, 2.24) is 19.9 Å². The molecule has 0 fully saturated rings. The maximum atomic E-state index is 14.1. The van der Waals surface area contributed by atoms with Crippen LogP contribution in [-0.2, 0) is 6.42 Å². The van der Waals surface area contributed by atoms with Crippen LogP contribution >= 0.6 is 11.3 Å². The predicted octanol–water partition coefficient (Wildman–Crippen LogP) is 5.36. The van der Waals surface area contributed by atoms with E-state index in [1.165, 1.54) is 17.4 Å². The number of amides is 1. The lowest BCUT2D eigenvalue weighted by Gasteiger charge is -2.07. The normalized spacial score (nSPS) is 10.9. The van der Waals surface area contributed by atoms with Crippen LogP contribution in [0, 0.1) is 5.82 Å². The van der Waals surface area contributed by atoms with Crippen molar-refractivity contribution in [3.63, 3.8) is 0 Å². The number of nitrogens with one attached hydrogen (secondary N) is 1. The number of hydrogen-bond donors (Lipinski definition) is 1. The lowest BCUT2D eigenvalue weighted by atomic mass is 10.2.